The third-order valence-corrected chi connectivity index (χ3v) is 10.6. The third-order valence-electron chi connectivity index (χ3n) is 9.62. The lowest BCUT2D eigenvalue weighted by atomic mass is 9.78. The van der Waals surface area contributed by atoms with Gasteiger partial charge < -0.3 is 24.8 Å². The summed E-state index contributed by atoms with van der Waals surface area (Å²) in [7, 11) is 0. The molecule has 3 aromatic rings. The fourth-order valence-electron chi connectivity index (χ4n) is 6.69. The fourth-order valence-corrected chi connectivity index (χ4v) is 7.50. The summed E-state index contributed by atoms with van der Waals surface area (Å²) in [5.41, 5.74) is 3.67. The highest BCUT2D eigenvalue weighted by Gasteiger charge is 2.53. The van der Waals surface area contributed by atoms with Crippen LogP contribution < -0.4 is 20.9 Å². The van der Waals surface area contributed by atoms with Gasteiger partial charge in [0.25, 0.3) is 0 Å². The quantitative estimate of drug-likeness (QED) is 0.268. The zero-order valence-electron chi connectivity index (χ0n) is 26.1. The molecule has 0 radical (unpaired) electrons. The van der Waals surface area contributed by atoms with Crippen LogP contribution in [0, 0.1) is 12.8 Å². The van der Waals surface area contributed by atoms with Crippen molar-refractivity contribution < 1.29 is 18.8 Å². The summed E-state index contributed by atoms with van der Waals surface area (Å²) in [5, 5.41) is 14.1. The molecule has 0 saturated carbocycles. The summed E-state index contributed by atoms with van der Waals surface area (Å²) in [5.74, 6) is 0.693. The van der Waals surface area contributed by atoms with Gasteiger partial charge in [-0.25, -0.2) is 4.98 Å². The first-order valence-electron chi connectivity index (χ1n) is 15.9. The van der Waals surface area contributed by atoms with Crippen molar-refractivity contribution in [3.05, 3.63) is 52.9 Å². The monoisotopic (exact) mass is 620 g/mol. The number of aryl methyl sites for hydroxylation is 1. The van der Waals surface area contributed by atoms with Crippen molar-refractivity contribution in [1.82, 2.24) is 26.1 Å². The van der Waals surface area contributed by atoms with Crippen molar-refractivity contribution >= 4 is 28.8 Å². The minimum atomic E-state index is -1.28. The Morgan fingerprint density at radius 2 is 1.89 bits per heavy atom. The van der Waals surface area contributed by atoms with Crippen molar-refractivity contribution in [2.75, 3.05) is 37.6 Å². The largest absolute Gasteiger partial charge is 0.371 e. The number of hydrogen-bond acceptors (Lipinski definition) is 10. The van der Waals surface area contributed by atoms with Crippen LogP contribution in [0.5, 0.6) is 0 Å². The van der Waals surface area contributed by atoms with Crippen molar-refractivity contribution in [2.45, 2.75) is 83.1 Å². The van der Waals surface area contributed by atoms with Crippen molar-refractivity contribution in [1.29, 1.82) is 0 Å². The molecule has 2 unspecified atom stereocenters. The molecule has 1 amide bonds. The summed E-state index contributed by atoms with van der Waals surface area (Å²) < 4.78 is 11.9. The van der Waals surface area contributed by atoms with Gasteiger partial charge in [0.2, 0.25) is 5.91 Å². The number of Topliss-reactive ketones (excluding diaryl/α,β-unsaturated/α-hetero) is 1. The highest BCUT2D eigenvalue weighted by Crippen LogP contribution is 2.35. The van der Waals surface area contributed by atoms with Crippen LogP contribution in [0.25, 0.3) is 10.4 Å². The number of rotatable bonds is 11. The molecule has 0 aliphatic carbocycles. The molecule has 6 rings (SSSR count). The molecular formula is C33H44N6O4S. The summed E-state index contributed by atoms with van der Waals surface area (Å²) in [6.45, 7) is 12.1. The van der Waals surface area contributed by atoms with E-state index in [1.165, 1.54) is 0 Å². The number of nitrogens with zero attached hydrogens (tertiary/aromatic N) is 3. The number of carbonyl (C=O) groups excluding carboxylic acids is 2. The maximum absolute atomic E-state index is 13.9. The van der Waals surface area contributed by atoms with E-state index in [2.05, 4.69) is 43.1 Å². The molecule has 4 atom stereocenters. The van der Waals surface area contributed by atoms with E-state index >= 15 is 0 Å². The SMILES string of the molecule is Cc1ncsc1-c1ccc([C@H](C)NC(=O)[C@@]2(C(=O)CC(C)c3cc(N4CC(OC5CCNCC5)C4)no3)NCCC2C)cc1. The Balaban J connectivity index is 1.06. The second-order valence-electron chi connectivity index (χ2n) is 12.7. The minimum absolute atomic E-state index is 0.118. The predicted molar refractivity (Wildman–Crippen MR) is 171 cm³/mol. The van der Waals surface area contributed by atoms with Crippen LogP contribution in [0.3, 0.4) is 0 Å². The Bertz CT molecular complexity index is 1440. The number of aromatic nitrogens is 2. The van der Waals surface area contributed by atoms with Gasteiger partial charge in [-0.15, -0.1) is 11.3 Å². The Morgan fingerprint density at radius 3 is 2.55 bits per heavy atom. The van der Waals surface area contributed by atoms with E-state index in [9.17, 15) is 9.59 Å². The molecular weight excluding hydrogens is 576 g/mol. The minimum Gasteiger partial charge on any atom is -0.371 e. The van der Waals surface area contributed by atoms with E-state index in [0.717, 1.165) is 73.0 Å². The van der Waals surface area contributed by atoms with E-state index in [-0.39, 0.29) is 42.1 Å². The van der Waals surface area contributed by atoms with Gasteiger partial charge in [0, 0.05) is 31.5 Å². The van der Waals surface area contributed by atoms with Crippen LogP contribution in [0.4, 0.5) is 5.82 Å². The number of nitrogens with one attached hydrogen (secondary N) is 3. The molecule has 5 heterocycles. The number of anilines is 1. The van der Waals surface area contributed by atoms with Crippen molar-refractivity contribution in [3.63, 3.8) is 0 Å². The van der Waals surface area contributed by atoms with Crippen LogP contribution in [0.2, 0.25) is 0 Å². The first-order valence-corrected chi connectivity index (χ1v) is 16.8. The Labute approximate surface area is 263 Å². The maximum atomic E-state index is 13.9. The van der Waals surface area contributed by atoms with Crippen molar-refractivity contribution in [3.8, 4) is 10.4 Å². The fraction of sp³-hybridized carbons (Fsp3) is 0.576. The molecule has 1 aromatic carbocycles. The van der Waals surface area contributed by atoms with Crippen LogP contribution in [-0.4, -0.2) is 72.3 Å². The first kappa shape index (κ1) is 30.9. The lowest BCUT2D eigenvalue weighted by Crippen LogP contribution is -2.62. The summed E-state index contributed by atoms with van der Waals surface area (Å²) in [6, 6.07) is 9.85. The maximum Gasteiger partial charge on any atom is 0.248 e. The van der Waals surface area contributed by atoms with Gasteiger partial charge in [0.1, 0.15) is 5.76 Å². The molecule has 10 nitrogen and oxygen atoms in total. The molecule has 3 saturated heterocycles. The topological polar surface area (TPSA) is 122 Å². The average molecular weight is 621 g/mol. The van der Waals surface area contributed by atoms with E-state index in [0.29, 0.717) is 18.4 Å². The zero-order chi connectivity index (χ0) is 30.8. The van der Waals surface area contributed by atoms with Gasteiger partial charge in [0.05, 0.1) is 34.3 Å². The summed E-state index contributed by atoms with van der Waals surface area (Å²) in [4.78, 5) is 35.5. The van der Waals surface area contributed by atoms with Crippen LogP contribution in [0.15, 0.2) is 40.4 Å². The molecule has 3 aliphatic rings. The second-order valence-corrected chi connectivity index (χ2v) is 13.6. The normalized spacial score (nSPS) is 24.2. The van der Waals surface area contributed by atoms with Crippen molar-refractivity contribution in [2.24, 2.45) is 5.92 Å². The van der Waals surface area contributed by atoms with Crippen LogP contribution >= 0.6 is 11.3 Å². The smallest absolute Gasteiger partial charge is 0.248 e. The third kappa shape index (κ3) is 6.20. The second kappa shape index (κ2) is 13.1. The molecule has 3 N–H and O–H groups in total. The van der Waals surface area contributed by atoms with Gasteiger partial charge in [-0.05, 0) is 69.8 Å². The van der Waals surface area contributed by atoms with Crippen LogP contribution in [0.1, 0.15) is 75.4 Å². The standard InChI is InChI=1S/C33H44N6O4S/c1-20(28-16-30(38-43-28)39-17-27(18-39)42-26-10-12-34-13-11-26)15-29(40)33(21(2)9-14-36-33)32(41)37-22(3)24-5-7-25(8-6-24)31-23(4)35-19-44-31/h5-8,16,19-22,26-27,34,36H,9-15,17-18H2,1-4H3,(H,37,41)/t20?,21?,22-,33+/m0/s1. The Hall–Kier alpha value is -3.12. The number of thiazole rings is 1. The number of hydrogen-bond donors (Lipinski definition) is 3. The van der Waals surface area contributed by atoms with Gasteiger partial charge in [-0.2, -0.15) is 0 Å². The number of carbonyl (C=O) groups is 2. The van der Waals surface area contributed by atoms with E-state index in [1.807, 2.05) is 51.4 Å². The highest BCUT2D eigenvalue weighted by atomic mass is 32.1. The van der Waals surface area contributed by atoms with Gasteiger partial charge >= 0.3 is 0 Å². The van der Waals surface area contributed by atoms with Gasteiger partial charge in [0.15, 0.2) is 17.1 Å². The Morgan fingerprint density at radius 1 is 1.14 bits per heavy atom. The van der Waals surface area contributed by atoms with E-state index < -0.39 is 5.54 Å². The van der Waals surface area contributed by atoms with Gasteiger partial charge in [-0.1, -0.05) is 43.3 Å². The number of piperidine rings is 1. The Kier molecular flexibility index (Phi) is 9.18. The molecule has 3 aliphatic heterocycles. The number of benzene rings is 1. The van der Waals surface area contributed by atoms with Crippen LogP contribution in [-0.2, 0) is 14.3 Å². The highest BCUT2D eigenvalue weighted by molar-refractivity contribution is 7.13. The molecule has 2 aromatic heterocycles. The van der Waals surface area contributed by atoms with E-state index in [4.69, 9.17) is 9.26 Å². The summed E-state index contributed by atoms with van der Waals surface area (Å²) >= 11 is 1.62. The lowest BCUT2D eigenvalue weighted by Gasteiger charge is -2.41. The molecule has 236 valence electrons. The van der Waals surface area contributed by atoms with E-state index in [1.54, 1.807) is 11.3 Å². The average Bonchev–Trinajstić information content (AvgIpc) is 3.75. The lowest BCUT2D eigenvalue weighted by molar-refractivity contribution is -0.139. The predicted octanol–water partition coefficient (Wildman–Crippen LogP) is 4.37. The molecule has 0 bridgehead atoms. The number of ether oxygens (including phenoxy) is 1. The molecule has 0 spiro atoms. The number of ketones is 1. The number of amides is 1. The molecule has 44 heavy (non-hydrogen) atoms. The summed E-state index contributed by atoms with van der Waals surface area (Å²) in [6.07, 6.45) is 3.60. The molecule has 11 heteroatoms. The zero-order valence-corrected chi connectivity index (χ0v) is 26.9. The van der Waals surface area contributed by atoms with Gasteiger partial charge in [-0.3, -0.25) is 14.9 Å². The first-order chi connectivity index (χ1) is 21.2. The molecule has 3 fully saturated rings.